The SMILES string of the molecule is CCC1=C(CC)c2ccc(C(F)(F)F)cc2P(=O)(c2cccc(C(F)(F)F)c2)O1. The molecule has 0 spiro atoms. The molecule has 2 aromatic carbocycles. The van der Waals surface area contributed by atoms with E-state index in [4.69, 9.17) is 4.52 Å². The van der Waals surface area contributed by atoms with E-state index in [-0.39, 0.29) is 10.6 Å². The Balaban J connectivity index is 2.31. The van der Waals surface area contributed by atoms with Crippen LogP contribution in [0.15, 0.2) is 48.2 Å². The molecule has 0 N–H and O–H groups in total. The monoisotopic (exact) mass is 434 g/mol. The van der Waals surface area contributed by atoms with Crippen molar-refractivity contribution in [2.75, 3.05) is 0 Å². The molecule has 0 aliphatic carbocycles. The van der Waals surface area contributed by atoms with Crippen LogP contribution in [-0.4, -0.2) is 0 Å². The predicted octanol–water partition coefficient (Wildman–Crippen LogP) is 6.51. The quantitative estimate of drug-likeness (QED) is 0.407. The molecule has 2 aromatic rings. The fourth-order valence-corrected chi connectivity index (χ4v) is 5.80. The molecule has 1 heterocycles. The molecule has 2 nitrogen and oxygen atoms in total. The van der Waals surface area contributed by atoms with Gasteiger partial charge in [-0.25, -0.2) is 0 Å². The van der Waals surface area contributed by atoms with Crippen LogP contribution in [0.3, 0.4) is 0 Å². The molecule has 0 saturated heterocycles. The Bertz CT molecular complexity index is 1020. The van der Waals surface area contributed by atoms with Gasteiger partial charge in [0.2, 0.25) is 0 Å². The second-order valence-electron chi connectivity index (χ2n) is 6.53. The Morgan fingerprint density at radius 1 is 0.862 bits per heavy atom. The van der Waals surface area contributed by atoms with Crippen molar-refractivity contribution < 1.29 is 35.4 Å². The Labute approximate surface area is 163 Å². The summed E-state index contributed by atoms with van der Waals surface area (Å²) in [5, 5.41) is -0.533. The fourth-order valence-electron chi connectivity index (χ4n) is 3.34. The van der Waals surface area contributed by atoms with Crippen molar-refractivity contribution >= 4 is 23.6 Å². The van der Waals surface area contributed by atoms with Gasteiger partial charge in [0.25, 0.3) is 0 Å². The minimum atomic E-state index is -4.70. The standard InChI is InChI=1S/C20H17F6O2P/c1-3-15-16-9-8-13(20(24,25)26)11-18(16)29(27,28-17(15)4-2)14-7-5-6-12(10-14)19(21,22)23/h5-11H,3-4H2,1-2H3. The summed E-state index contributed by atoms with van der Waals surface area (Å²) in [6.45, 7) is 3.49. The highest BCUT2D eigenvalue weighted by Crippen LogP contribution is 2.54. The summed E-state index contributed by atoms with van der Waals surface area (Å²) in [4.78, 5) is 0. The van der Waals surface area contributed by atoms with Crippen LogP contribution in [0.4, 0.5) is 26.3 Å². The zero-order chi connectivity index (χ0) is 21.6. The van der Waals surface area contributed by atoms with Crippen molar-refractivity contribution in [2.24, 2.45) is 0 Å². The van der Waals surface area contributed by atoms with Crippen LogP contribution in [0.2, 0.25) is 0 Å². The van der Waals surface area contributed by atoms with Crippen LogP contribution >= 0.6 is 7.37 Å². The van der Waals surface area contributed by atoms with Gasteiger partial charge in [-0.05, 0) is 47.9 Å². The van der Waals surface area contributed by atoms with E-state index in [2.05, 4.69) is 0 Å². The summed E-state index contributed by atoms with van der Waals surface area (Å²) in [6, 6.07) is 6.55. The van der Waals surface area contributed by atoms with E-state index in [1.807, 2.05) is 0 Å². The van der Waals surface area contributed by atoms with E-state index in [1.54, 1.807) is 13.8 Å². The Kier molecular flexibility index (Phi) is 5.37. The minimum Gasteiger partial charge on any atom is -0.441 e. The smallest absolute Gasteiger partial charge is 0.416 e. The van der Waals surface area contributed by atoms with Gasteiger partial charge in [-0.3, -0.25) is 4.57 Å². The zero-order valence-corrected chi connectivity index (χ0v) is 16.4. The van der Waals surface area contributed by atoms with Gasteiger partial charge in [0.05, 0.1) is 21.7 Å². The minimum absolute atomic E-state index is 0.235. The van der Waals surface area contributed by atoms with Gasteiger partial charge in [0.15, 0.2) is 0 Å². The number of allylic oxidation sites excluding steroid dienone is 2. The van der Waals surface area contributed by atoms with Gasteiger partial charge in [0, 0.05) is 6.42 Å². The summed E-state index contributed by atoms with van der Waals surface area (Å²) < 4.78 is 98.8. The Morgan fingerprint density at radius 3 is 2.03 bits per heavy atom. The Hall–Kier alpha value is -2.21. The summed E-state index contributed by atoms with van der Waals surface area (Å²) in [7, 11) is -4.23. The van der Waals surface area contributed by atoms with Gasteiger partial charge in [-0.1, -0.05) is 26.0 Å². The number of hydrogen-bond donors (Lipinski definition) is 0. The molecular weight excluding hydrogens is 417 g/mol. The van der Waals surface area contributed by atoms with E-state index < -0.39 is 30.8 Å². The second-order valence-corrected chi connectivity index (χ2v) is 8.81. The lowest BCUT2D eigenvalue weighted by atomic mass is 9.99. The van der Waals surface area contributed by atoms with Crippen molar-refractivity contribution in [3.8, 4) is 0 Å². The molecule has 3 rings (SSSR count). The second kappa shape index (κ2) is 7.24. The molecule has 0 bridgehead atoms. The molecule has 1 aliphatic rings. The van der Waals surface area contributed by atoms with E-state index >= 15 is 0 Å². The molecule has 0 saturated carbocycles. The number of benzene rings is 2. The van der Waals surface area contributed by atoms with Gasteiger partial charge in [-0.15, -0.1) is 0 Å². The van der Waals surface area contributed by atoms with Crippen molar-refractivity contribution in [3.05, 3.63) is 64.9 Å². The van der Waals surface area contributed by atoms with Crippen LogP contribution in [-0.2, 0) is 21.4 Å². The molecular formula is C20H17F6O2P. The first kappa shape index (κ1) is 21.5. The number of rotatable bonds is 3. The summed E-state index contributed by atoms with van der Waals surface area (Å²) in [5.74, 6) is 0.306. The first-order chi connectivity index (χ1) is 13.4. The average molecular weight is 434 g/mol. The van der Waals surface area contributed by atoms with Crippen LogP contribution in [0.25, 0.3) is 5.57 Å². The first-order valence-electron chi connectivity index (χ1n) is 8.83. The van der Waals surface area contributed by atoms with Crippen LogP contribution in [0.5, 0.6) is 0 Å². The number of halogens is 6. The fraction of sp³-hybridized carbons (Fsp3) is 0.300. The third-order valence-electron chi connectivity index (χ3n) is 4.73. The van der Waals surface area contributed by atoms with E-state index in [0.29, 0.717) is 35.8 Å². The highest BCUT2D eigenvalue weighted by atomic mass is 31.2. The molecule has 156 valence electrons. The maximum Gasteiger partial charge on any atom is 0.416 e. The largest absolute Gasteiger partial charge is 0.441 e. The third-order valence-corrected chi connectivity index (χ3v) is 7.17. The van der Waals surface area contributed by atoms with E-state index in [1.165, 1.54) is 12.1 Å². The van der Waals surface area contributed by atoms with Crippen molar-refractivity contribution in [3.63, 3.8) is 0 Å². The summed E-state index contributed by atoms with van der Waals surface area (Å²) in [5.41, 5.74) is -1.19. The summed E-state index contributed by atoms with van der Waals surface area (Å²) in [6.07, 6.45) is -8.69. The molecule has 0 amide bonds. The highest BCUT2D eigenvalue weighted by molar-refractivity contribution is 7.74. The van der Waals surface area contributed by atoms with Crippen molar-refractivity contribution in [1.82, 2.24) is 0 Å². The molecule has 9 heteroatoms. The maximum absolute atomic E-state index is 13.9. The number of alkyl halides is 6. The predicted molar refractivity (Wildman–Crippen MR) is 98.3 cm³/mol. The first-order valence-corrected chi connectivity index (χ1v) is 10.5. The average Bonchev–Trinajstić information content (AvgIpc) is 2.66. The highest BCUT2D eigenvalue weighted by Gasteiger charge is 2.42. The van der Waals surface area contributed by atoms with Crippen LogP contribution in [0.1, 0.15) is 43.4 Å². The lowest BCUT2D eigenvalue weighted by Crippen LogP contribution is -2.27. The van der Waals surface area contributed by atoms with Crippen LogP contribution in [0, 0.1) is 0 Å². The normalized spacial score (nSPS) is 19.7. The molecule has 1 unspecified atom stereocenters. The molecule has 0 aromatic heterocycles. The number of fused-ring (bicyclic) bond motifs is 1. The summed E-state index contributed by atoms with van der Waals surface area (Å²) >= 11 is 0. The molecule has 1 aliphatic heterocycles. The van der Waals surface area contributed by atoms with Gasteiger partial charge >= 0.3 is 19.7 Å². The third kappa shape index (κ3) is 3.82. The van der Waals surface area contributed by atoms with Crippen LogP contribution < -0.4 is 10.6 Å². The zero-order valence-electron chi connectivity index (χ0n) is 15.5. The molecule has 0 fully saturated rings. The molecule has 0 radical (unpaired) electrons. The van der Waals surface area contributed by atoms with Crippen molar-refractivity contribution in [1.29, 1.82) is 0 Å². The molecule has 1 atom stereocenters. The number of hydrogen-bond acceptors (Lipinski definition) is 2. The molecule has 29 heavy (non-hydrogen) atoms. The lowest BCUT2D eigenvalue weighted by molar-refractivity contribution is -0.138. The van der Waals surface area contributed by atoms with Gasteiger partial charge in [-0.2, -0.15) is 26.3 Å². The van der Waals surface area contributed by atoms with Crippen molar-refractivity contribution in [2.45, 2.75) is 39.0 Å². The topological polar surface area (TPSA) is 26.3 Å². The Morgan fingerprint density at radius 2 is 1.48 bits per heavy atom. The van der Waals surface area contributed by atoms with E-state index in [9.17, 15) is 30.9 Å². The lowest BCUT2D eigenvalue weighted by Gasteiger charge is -2.31. The van der Waals surface area contributed by atoms with Gasteiger partial charge < -0.3 is 4.52 Å². The van der Waals surface area contributed by atoms with E-state index in [0.717, 1.165) is 24.3 Å². The maximum atomic E-state index is 13.9. The van der Waals surface area contributed by atoms with Gasteiger partial charge in [0.1, 0.15) is 5.76 Å².